The van der Waals surface area contributed by atoms with E-state index in [0.717, 1.165) is 0 Å². The van der Waals surface area contributed by atoms with E-state index in [1.807, 2.05) is 0 Å². The molecule has 42 valence electrons. The Kier molecular flexibility index (Phi) is 1.35. The zero-order valence-electron chi connectivity index (χ0n) is 3.88. The molecule has 1 aliphatic heterocycles. The molecular formula is C3H3NO3P+. The molecule has 0 saturated carbocycles. The van der Waals surface area contributed by atoms with Gasteiger partial charge >= 0.3 is 6.09 Å². The van der Waals surface area contributed by atoms with Gasteiger partial charge in [-0.2, -0.15) is 4.79 Å². The van der Waals surface area contributed by atoms with Crippen molar-refractivity contribution >= 4 is 20.0 Å². The van der Waals surface area contributed by atoms with Gasteiger partial charge in [-0.3, -0.25) is 4.57 Å². The van der Waals surface area contributed by atoms with Crippen molar-refractivity contribution in [3.63, 3.8) is 0 Å². The fourth-order valence-corrected chi connectivity index (χ4v) is 0.627. The van der Waals surface area contributed by atoms with E-state index in [-0.39, 0.29) is 15.1 Å². The molecule has 8 heavy (non-hydrogen) atoms. The van der Waals surface area contributed by atoms with Gasteiger partial charge in [0.2, 0.25) is 0 Å². The Morgan fingerprint density at radius 1 is 1.75 bits per heavy atom. The molecule has 0 radical (unpaired) electrons. The summed E-state index contributed by atoms with van der Waals surface area (Å²) >= 11 is 0. The summed E-state index contributed by atoms with van der Waals surface area (Å²) in [5.41, 5.74) is 0.384. The first-order chi connectivity index (χ1) is 3.83. The molecule has 0 aromatic heterocycles. The van der Waals surface area contributed by atoms with Crippen LogP contribution < -0.4 is 4.99 Å². The number of hydrogen-bond acceptors (Lipinski definition) is 3. The van der Waals surface area contributed by atoms with Gasteiger partial charge in [0.15, 0.2) is 6.61 Å². The maximum Gasteiger partial charge on any atom is 0.595 e. The van der Waals surface area contributed by atoms with E-state index in [1.54, 1.807) is 0 Å². The molecule has 1 aliphatic rings. The largest absolute Gasteiger partial charge is 0.595 e. The third kappa shape index (κ3) is 0.898. The number of hydrogen-bond donors (Lipinski definition) is 1. The zero-order chi connectivity index (χ0) is 5.98. The highest BCUT2D eigenvalue weighted by Gasteiger charge is 2.22. The van der Waals surface area contributed by atoms with Crippen molar-refractivity contribution in [2.45, 2.75) is 0 Å². The van der Waals surface area contributed by atoms with Gasteiger partial charge in [0.05, 0.1) is 0 Å². The normalized spacial score (nSPS) is 18.5. The van der Waals surface area contributed by atoms with Crippen LogP contribution in [0.25, 0.3) is 0 Å². The minimum Gasteiger partial charge on any atom is -0.400 e. The average molecular weight is 132 g/mol. The lowest BCUT2D eigenvalue weighted by Gasteiger charge is -1.73. The molecule has 0 fully saturated rings. The average Bonchev–Trinajstić information content (AvgIpc) is 2.14. The van der Waals surface area contributed by atoms with Crippen LogP contribution in [0, 0.1) is 0 Å². The summed E-state index contributed by atoms with van der Waals surface area (Å²) in [4.78, 5) is 12.3. The van der Waals surface area contributed by atoms with Crippen molar-refractivity contribution in [2.75, 3.05) is 6.61 Å². The Bertz CT molecular complexity index is 164. The number of amides is 1. The first kappa shape index (κ1) is 5.38. The fraction of sp³-hybridized carbons (Fsp3) is 0.333. The predicted octanol–water partition coefficient (Wildman–Crippen LogP) is -1.09. The third-order valence-electron chi connectivity index (χ3n) is 0.697. The van der Waals surface area contributed by atoms with Crippen LogP contribution in [-0.4, -0.2) is 18.2 Å². The van der Waals surface area contributed by atoms with E-state index in [1.165, 1.54) is 0 Å². The van der Waals surface area contributed by atoms with Crippen LogP contribution >= 0.6 is 8.46 Å². The molecule has 1 amide bonds. The minimum absolute atomic E-state index is 0.129. The Morgan fingerprint density at radius 3 is 2.75 bits per heavy atom. The predicted molar refractivity (Wildman–Crippen MR) is 24.9 cm³/mol. The molecule has 1 rings (SSSR count). The lowest BCUT2D eigenvalue weighted by molar-refractivity contribution is -0.347. The van der Waals surface area contributed by atoms with E-state index in [0.29, 0.717) is 5.45 Å². The first-order valence-electron chi connectivity index (χ1n) is 1.96. The Balaban J connectivity index is 2.70. The van der Waals surface area contributed by atoms with Crippen molar-refractivity contribution in [1.29, 1.82) is 0 Å². The maximum absolute atomic E-state index is 10.1. The van der Waals surface area contributed by atoms with Gasteiger partial charge in [-0.15, -0.1) is 4.99 Å². The van der Waals surface area contributed by atoms with Gasteiger partial charge in [-0.05, 0) is 0 Å². The standard InChI is InChI=1S/C3H2NO3P/c5-3-4-2(8-6)1-7-3/h1H2/p+1. The van der Waals surface area contributed by atoms with Gasteiger partial charge in [0.25, 0.3) is 13.9 Å². The fourth-order valence-electron chi connectivity index (χ4n) is 0.373. The van der Waals surface area contributed by atoms with Gasteiger partial charge in [0, 0.05) is 0 Å². The van der Waals surface area contributed by atoms with Gasteiger partial charge in [-0.1, -0.05) is 0 Å². The molecule has 0 atom stereocenters. The van der Waals surface area contributed by atoms with E-state index in [4.69, 9.17) is 0 Å². The van der Waals surface area contributed by atoms with Gasteiger partial charge in [-0.25, -0.2) is 0 Å². The molecule has 1 heterocycles. The highest BCUT2D eigenvalue weighted by atomic mass is 31.1. The van der Waals surface area contributed by atoms with Crippen molar-refractivity contribution in [3.8, 4) is 0 Å². The Labute approximate surface area is 46.8 Å². The molecular weight excluding hydrogens is 129 g/mol. The highest BCUT2D eigenvalue weighted by Crippen LogP contribution is 1.93. The lowest BCUT2D eigenvalue weighted by Crippen LogP contribution is -2.72. The van der Waals surface area contributed by atoms with E-state index >= 15 is 0 Å². The van der Waals surface area contributed by atoms with Crippen LogP contribution in [-0.2, 0) is 9.30 Å². The summed E-state index contributed by atoms with van der Waals surface area (Å²) in [6, 6.07) is 0. The van der Waals surface area contributed by atoms with Crippen molar-refractivity contribution in [3.05, 3.63) is 0 Å². The molecule has 5 heteroatoms. The van der Waals surface area contributed by atoms with E-state index in [2.05, 4.69) is 9.73 Å². The molecule has 4 nitrogen and oxygen atoms in total. The van der Waals surface area contributed by atoms with Gasteiger partial charge < -0.3 is 4.74 Å². The SMILES string of the molecule is O=PC1=[NH+]C(=O)OC1. The van der Waals surface area contributed by atoms with Crippen LogP contribution in [0.5, 0.6) is 0 Å². The maximum atomic E-state index is 10.1. The van der Waals surface area contributed by atoms with Gasteiger partial charge in [0.1, 0.15) is 0 Å². The summed E-state index contributed by atoms with van der Waals surface area (Å²) in [5, 5.41) is 0. The molecule has 0 aromatic rings. The van der Waals surface area contributed by atoms with Crippen molar-refractivity contribution < 1.29 is 19.1 Å². The minimum atomic E-state index is -0.525. The number of carbonyl (C=O) groups is 1. The Hall–Kier alpha value is -0.760. The van der Waals surface area contributed by atoms with Crippen LogP contribution in [0.1, 0.15) is 0 Å². The van der Waals surface area contributed by atoms with E-state index in [9.17, 15) is 9.36 Å². The lowest BCUT2D eigenvalue weighted by atomic mass is 10.8. The molecule has 0 aliphatic carbocycles. The number of rotatable bonds is 1. The second-order valence-corrected chi connectivity index (χ2v) is 1.96. The summed E-state index contributed by atoms with van der Waals surface area (Å²) in [7, 11) is -0.174. The number of carbonyl (C=O) groups excluding carboxylic acids is 1. The van der Waals surface area contributed by atoms with Crippen LogP contribution in [0.2, 0.25) is 0 Å². The summed E-state index contributed by atoms with van der Waals surface area (Å²) in [6.07, 6.45) is -0.525. The molecule has 0 unspecified atom stereocenters. The van der Waals surface area contributed by atoms with Crippen LogP contribution in [0.4, 0.5) is 4.79 Å². The third-order valence-corrected chi connectivity index (χ3v) is 1.16. The molecule has 0 bridgehead atoms. The van der Waals surface area contributed by atoms with Crippen molar-refractivity contribution in [1.82, 2.24) is 0 Å². The van der Waals surface area contributed by atoms with Crippen LogP contribution in [0.3, 0.4) is 0 Å². The van der Waals surface area contributed by atoms with Crippen molar-refractivity contribution in [2.24, 2.45) is 0 Å². The second kappa shape index (κ2) is 2.01. The Morgan fingerprint density at radius 2 is 2.50 bits per heavy atom. The summed E-state index contributed by atoms with van der Waals surface area (Å²) in [5.74, 6) is 0. The second-order valence-electron chi connectivity index (χ2n) is 1.24. The molecule has 0 saturated heterocycles. The zero-order valence-corrected chi connectivity index (χ0v) is 4.77. The quantitative estimate of drug-likeness (QED) is 0.461. The number of nitrogens with one attached hydrogen (secondary N) is 1. The summed E-state index contributed by atoms with van der Waals surface area (Å²) < 4.78 is 14.3. The smallest absolute Gasteiger partial charge is 0.400 e. The van der Waals surface area contributed by atoms with E-state index < -0.39 is 6.09 Å². The number of ether oxygens (including phenoxy) is 1. The summed E-state index contributed by atoms with van der Waals surface area (Å²) in [6.45, 7) is 0.129. The highest BCUT2D eigenvalue weighted by molar-refractivity contribution is 7.46. The molecule has 0 spiro atoms. The monoisotopic (exact) mass is 132 g/mol. The van der Waals surface area contributed by atoms with Crippen LogP contribution in [0.15, 0.2) is 0 Å². The first-order valence-corrected chi connectivity index (χ1v) is 2.77. The molecule has 0 aromatic carbocycles. The molecule has 1 N–H and O–H groups in total. The topological polar surface area (TPSA) is 57.3 Å². The number of cyclic esters (lactones) is 1.